The molecule has 0 saturated heterocycles. The number of Topliss-reactive ketones (excluding diaryl/α,β-unsaturated/α-hetero) is 4. The molecule has 4 amide bonds. The van der Waals surface area contributed by atoms with Gasteiger partial charge in [-0.25, -0.2) is 28.8 Å². The lowest BCUT2D eigenvalue weighted by Gasteiger charge is -2.14. The quantitative estimate of drug-likeness (QED) is 0.0128. The summed E-state index contributed by atoms with van der Waals surface area (Å²) in [4.78, 5) is 231. The van der Waals surface area contributed by atoms with Crippen LogP contribution in [0, 0.1) is 11.8 Å². The molecule has 624 valence electrons. The minimum Gasteiger partial charge on any atom is -0.481 e. The highest BCUT2D eigenvalue weighted by Crippen LogP contribution is 2.34. The fraction of sp³-hybridized carbons (Fsp3) is 0.171. The zero-order valence-electron chi connectivity index (χ0n) is 64.4. The lowest BCUT2D eigenvalue weighted by Crippen LogP contribution is -2.33. The fourth-order valence-electron chi connectivity index (χ4n) is 11.0. The van der Waals surface area contributed by atoms with Crippen LogP contribution in [0.5, 0.6) is 23.0 Å². The summed E-state index contributed by atoms with van der Waals surface area (Å²) in [5, 5.41) is 89.5. The van der Waals surface area contributed by atoms with Gasteiger partial charge in [0, 0.05) is 49.9 Å². The number of carbonyl (C=O) groups excluding carboxylic acids is 12. The number of ether oxygens (including phenoxy) is 4. The molecule has 0 spiro atoms. The Morgan fingerprint density at radius 2 is 0.567 bits per heavy atom. The number of benzene rings is 8. The average molecular weight is 1660 g/mol. The van der Waals surface area contributed by atoms with E-state index in [4.69, 9.17) is 19.7 Å². The van der Waals surface area contributed by atoms with Gasteiger partial charge in [0.05, 0.1) is 89.7 Å². The maximum Gasteiger partial charge on any atom is 0.336 e. The van der Waals surface area contributed by atoms with Gasteiger partial charge in [-0.05, 0) is 172 Å². The van der Waals surface area contributed by atoms with E-state index < -0.39 is 106 Å². The molecule has 0 radical (unpaired) electrons. The van der Waals surface area contributed by atoms with Crippen LogP contribution in [0.2, 0.25) is 0 Å². The molecular weight excluding hydrogens is 1580 g/mol. The van der Waals surface area contributed by atoms with Crippen LogP contribution >= 0.6 is 0 Å². The number of aromatic carboxylic acids is 6. The summed E-state index contributed by atoms with van der Waals surface area (Å²) < 4.78 is 18.9. The van der Waals surface area contributed by atoms with Crippen molar-refractivity contribution in [1.29, 1.82) is 0 Å². The molecule has 8 aromatic carbocycles. The molecule has 0 heterocycles. The smallest absolute Gasteiger partial charge is 0.336 e. The summed E-state index contributed by atoms with van der Waals surface area (Å²) in [5.41, 5.74) is 0.141. The van der Waals surface area contributed by atoms with Crippen molar-refractivity contribution in [3.63, 3.8) is 0 Å². The predicted molar refractivity (Wildman–Crippen MR) is 421 cm³/mol. The normalized spacial score (nSPS) is 10.7. The van der Waals surface area contributed by atoms with Gasteiger partial charge >= 0.3 is 47.8 Å². The van der Waals surface area contributed by atoms with Gasteiger partial charge in [0.1, 0.15) is 23.0 Å². The molecule has 8 rings (SSSR count). The molecule has 38 heteroatoms. The Bertz CT molecular complexity index is 5470. The third-order valence-corrected chi connectivity index (χ3v) is 17.2. The highest BCUT2D eigenvalue weighted by molar-refractivity contribution is 6.15. The number of carboxylic acid groups (broad SMARTS) is 8. The number of aliphatic carboxylic acids is 2. The van der Waals surface area contributed by atoms with E-state index in [1.165, 1.54) is 111 Å². The van der Waals surface area contributed by atoms with Gasteiger partial charge in [0.25, 0.3) is 49.5 Å². The first-order chi connectivity index (χ1) is 56.7. The van der Waals surface area contributed by atoms with E-state index in [9.17, 15) is 127 Å². The van der Waals surface area contributed by atoms with Crippen molar-refractivity contribution >= 4 is 143 Å². The number of hydrogen-bond acceptors (Lipinski definition) is 26. The molecule has 38 nitrogen and oxygen atoms in total. The monoisotopic (exact) mass is 1650 g/mol. The number of nitrogens with one attached hydrogen (secondary N) is 6. The first-order valence-electron chi connectivity index (χ1n) is 34.8. The number of ketones is 4. The molecule has 120 heavy (non-hydrogen) atoms. The van der Waals surface area contributed by atoms with Crippen LogP contribution in [-0.2, 0) is 28.8 Å². The number of hydrogen-bond donors (Lipinski definition) is 14. The van der Waals surface area contributed by atoms with Crippen LogP contribution in [0.25, 0.3) is 22.3 Å². The minimum atomic E-state index is -1.49. The van der Waals surface area contributed by atoms with Crippen LogP contribution in [0.3, 0.4) is 0 Å². The molecule has 8 aromatic rings. The lowest BCUT2D eigenvalue weighted by molar-refractivity contribution is -0.142. The summed E-state index contributed by atoms with van der Waals surface area (Å²) in [5.74, 6) is -17.3. The zero-order valence-corrected chi connectivity index (χ0v) is 64.4. The van der Waals surface area contributed by atoms with E-state index in [0.29, 0.717) is 40.0 Å². The maximum absolute atomic E-state index is 13.1. The van der Waals surface area contributed by atoms with E-state index in [1.54, 1.807) is 40.1 Å². The van der Waals surface area contributed by atoms with Gasteiger partial charge in [-0.3, -0.25) is 67.1 Å². The first-order valence-corrected chi connectivity index (χ1v) is 34.8. The van der Waals surface area contributed by atoms with Crippen LogP contribution in [-0.4, -0.2) is 188 Å². The van der Waals surface area contributed by atoms with Crippen LogP contribution in [0.1, 0.15) is 199 Å². The second-order valence-corrected chi connectivity index (χ2v) is 25.0. The van der Waals surface area contributed by atoms with E-state index >= 15 is 0 Å². The Labute approximate surface area is 678 Å². The highest BCUT2D eigenvalue weighted by atomic mass is 16.5. The minimum absolute atomic E-state index is 0.0316. The molecular formula is C82H74N6O32. The molecule has 14 N–H and O–H groups in total. The average Bonchev–Trinajstić information content (AvgIpc) is 0.810. The Hall–Kier alpha value is -16.4. The highest BCUT2D eigenvalue weighted by Gasteiger charge is 2.29. The molecule has 0 aromatic heterocycles. The van der Waals surface area contributed by atoms with Crippen LogP contribution in [0.15, 0.2) is 133 Å². The summed E-state index contributed by atoms with van der Waals surface area (Å²) in [6.45, 7) is 8.32. The lowest BCUT2D eigenvalue weighted by atomic mass is 9.96. The van der Waals surface area contributed by atoms with E-state index in [2.05, 4.69) is 41.4 Å². The number of anilines is 4. The van der Waals surface area contributed by atoms with E-state index in [-0.39, 0.29) is 158 Å². The van der Waals surface area contributed by atoms with Crippen LogP contribution < -0.4 is 50.8 Å². The molecule has 0 aliphatic rings. The molecule has 0 fully saturated rings. The Morgan fingerprint density at radius 3 is 0.842 bits per heavy atom. The standard InChI is InChI=1S/C25H20N2O8.C22H21NO8.C19H16N2O8.C16H17NO8/c1-13(29)20-9-15(4-6-22(20)35-12-28)14-3-5-19(25(33)34)21(10-14)23(30)27-18-8-16(24(31)32)7-17(11-18)26-2;1-3-13(21(27)28)10-23-20(26)18-9-14(4-6-16(18)22(29)30)15-5-7-19(31-11-24)17(8-15)12(2)25;1-9(23)13-6-14(15(19(27)28)7-16(13)29-8-22)17(24)21-12-4-10(18(25)26)3-11(5-12)20-2;1-3-9(15(21)22)6-17-14(20)11-4-10(8(2)19)13(25-7-18)5-12(11)16(23)24/h3-12,26H,1-2H3,(H,27,30)(H,31,32)(H,33,34);4-9,11,13H,3,10H2,1-2H3,(H,23,26)(H,27,28)(H,29,30);3-8,20H,1-2H3,(H,21,24)(H,25,26)(H,27,28);4-5,7,9H,3,6H2,1-2H3,(H,17,20)(H,21,22)(H,23,24). The van der Waals surface area contributed by atoms with Gasteiger partial charge < -0.3 is 91.7 Å². The molecule has 0 bridgehead atoms. The zero-order chi connectivity index (χ0) is 89.7. The summed E-state index contributed by atoms with van der Waals surface area (Å²) in [6.07, 6.45) is 0.566. The van der Waals surface area contributed by atoms with Crippen LogP contribution in [0.4, 0.5) is 22.7 Å². The first kappa shape index (κ1) is 94.2. The van der Waals surface area contributed by atoms with E-state index in [0.717, 1.165) is 38.1 Å². The molecule has 0 saturated carbocycles. The third kappa shape index (κ3) is 25.3. The molecule has 2 atom stereocenters. The van der Waals surface area contributed by atoms with Gasteiger partial charge in [-0.1, -0.05) is 38.1 Å². The van der Waals surface area contributed by atoms with Crippen molar-refractivity contribution in [2.75, 3.05) is 48.5 Å². The Morgan fingerprint density at radius 1 is 0.300 bits per heavy atom. The second-order valence-electron chi connectivity index (χ2n) is 25.0. The van der Waals surface area contributed by atoms with Crippen molar-refractivity contribution in [3.8, 4) is 45.3 Å². The second kappa shape index (κ2) is 43.7. The molecule has 2 unspecified atom stereocenters. The number of rotatable bonds is 36. The summed E-state index contributed by atoms with van der Waals surface area (Å²) in [6, 6.07) is 28.9. The van der Waals surface area contributed by atoms with Crippen molar-refractivity contribution in [1.82, 2.24) is 10.6 Å². The predicted octanol–water partition coefficient (Wildman–Crippen LogP) is 9.49. The number of amides is 4. The van der Waals surface area contributed by atoms with E-state index in [1.807, 2.05) is 0 Å². The summed E-state index contributed by atoms with van der Waals surface area (Å²) >= 11 is 0. The maximum atomic E-state index is 13.1. The van der Waals surface area contributed by atoms with Gasteiger partial charge in [-0.15, -0.1) is 0 Å². The SMILES string of the molecule is CCC(CNC(=O)c1cc(-c2ccc(OC=O)c(C(C)=O)c2)ccc1C(=O)O)C(=O)O.CCC(CNC(=O)c1cc(C(C)=O)c(OC=O)cc1C(=O)O)C(=O)O.CNc1cc(NC(=O)c2cc(-c3ccc(OC=O)c(C(C)=O)c3)ccc2C(=O)O)cc(C(=O)O)c1.CNc1cc(NC(=O)c2cc(C(C)=O)c(OC=O)cc2C(=O)O)cc(C(=O)O)c1. The fourth-order valence-corrected chi connectivity index (χ4v) is 11.0. The van der Waals surface area contributed by atoms with Crippen molar-refractivity contribution in [3.05, 3.63) is 211 Å². The molecule has 0 aliphatic heterocycles. The number of carboxylic acids is 8. The van der Waals surface area contributed by atoms with Gasteiger partial charge in [0.15, 0.2) is 23.1 Å². The summed E-state index contributed by atoms with van der Waals surface area (Å²) in [7, 11) is 3.14. The topological polar surface area (TPSA) is 612 Å². The largest absolute Gasteiger partial charge is 0.481 e. The van der Waals surface area contributed by atoms with Crippen molar-refractivity contribution in [2.45, 2.75) is 54.4 Å². The number of carbonyl (C=O) groups is 20. The third-order valence-electron chi connectivity index (χ3n) is 17.2. The Balaban J connectivity index is 0.000000287. The van der Waals surface area contributed by atoms with Crippen molar-refractivity contribution in [2.24, 2.45) is 11.8 Å². The van der Waals surface area contributed by atoms with Gasteiger partial charge in [0.2, 0.25) is 0 Å². The van der Waals surface area contributed by atoms with Gasteiger partial charge in [-0.2, -0.15) is 0 Å². The van der Waals surface area contributed by atoms with Crippen molar-refractivity contribution < 1.29 is 156 Å². The molecule has 0 aliphatic carbocycles. The Kier molecular flexibility index (Phi) is 34.3.